The number of nitrogens with one attached hydrogen (secondary N) is 1. The first kappa shape index (κ1) is 11.5. The second kappa shape index (κ2) is 4.61. The zero-order valence-corrected chi connectivity index (χ0v) is 10.6. The lowest BCUT2D eigenvalue weighted by Crippen LogP contribution is -2.34. The van der Waals surface area contributed by atoms with Crippen molar-refractivity contribution in [3.8, 4) is 5.75 Å². The Balaban J connectivity index is 1.79. The molecule has 2 atom stereocenters. The molecule has 1 amide bonds. The second-order valence-electron chi connectivity index (χ2n) is 5.02. The largest absolute Gasteiger partial charge is 0.496 e. The molecule has 0 unspecified atom stereocenters. The topological polar surface area (TPSA) is 41.6 Å². The number of ether oxygens (including phenoxy) is 1. The number of carbonyl (C=O) groups excluding carboxylic acids is 1. The lowest BCUT2D eigenvalue weighted by molar-refractivity contribution is 0.0779. The Morgan fingerprint density at radius 1 is 1.39 bits per heavy atom. The highest BCUT2D eigenvalue weighted by Gasteiger charge is 2.38. The molecule has 3 rings (SSSR count). The Morgan fingerprint density at radius 3 is 3.00 bits per heavy atom. The maximum absolute atomic E-state index is 12.5. The first-order valence-corrected chi connectivity index (χ1v) is 6.45. The van der Waals surface area contributed by atoms with Gasteiger partial charge in [0.2, 0.25) is 0 Å². The highest BCUT2D eigenvalue weighted by Crippen LogP contribution is 2.27. The lowest BCUT2D eigenvalue weighted by atomic mass is 10.1. The second-order valence-corrected chi connectivity index (χ2v) is 5.02. The molecule has 18 heavy (non-hydrogen) atoms. The number of amides is 1. The molecule has 0 bridgehead atoms. The number of carbonyl (C=O) groups is 1. The monoisotopic (exact) mass is 246 g/mol. The summed E-state index contributed by atoms with van der Waals surface area (Å²) in [4.78, 5) is 14.4. The summed E-state index contributed by atoms with van der Waals surface area (Å²) in [6.07, 6.45) is 1.18. The molecule has 1 aromatic carbocycles. The molecule has 4 heteroatoms. The van der Waals surface area contributed by atoms with Crippen LogP contribution in [-0.2, 0) is 0 Å². The molecule has 1 N–H and O–H groups in total. The summed E-state index contributed by atoms with van der Waals surface area (Å²) in [5, 5.41) is 3.46. The van der Waals surface area contributed by atoms with E-state index in [2.05, 4.69) is 5.32 Å². The van der Waals surface area contributed by atoms with Crippen LogP contribution in [0.3, 0.4) is 0 Å². The van der Waals surface area contributed by atoms with Gasteiger partial charge in [-0.3, -0.25) is 4.79 Å². The summed E-state index contributed by atoms with van der Waals surface area (Å²) in [6.45, 7) is 2.78. The number of hydrogen-bond donors (Lipinski definition) is 1. The van der Waals surface area contributed by atoms with Crippen LogP contribution in [0.1, 0.15) is 16.8 Å². The Hall–Kier alpha value is -1.55. The summed E-state index contributed by atoms with van der Waals surface area (Å²) in [5.41, 5.74) is 0.667. The Labute approximate surface area is 107 Å². The molecular weight excluding hydrogens is 228 g/mol. The van der Waals surface area contributed by atoms with Gasteiger partial charge in [0.05, 0.1) is 12.7 Å². The van der Waals surface area contributed by atoms with E-state index >= 15 is 0 Å². The fourth-order valence-electron chi connectivity index (χ4n) is 3.01. The van der Waals surface area contributed by atoms with Gasteiger partial charge in [0, 0.05) is 19.1 Å². The van der Waals surface area contributed by atoms with Gasteiger partial charge in [-0.2, -0.15) is 0 Å². The number of hydrogen-bond acceptors (Lipinski definition) is 3. The summed E-state index contributed by atoms with van der Waals surface area (Å²) >= 11 is 0. The van der Waals surface area contributed by atoms with Crippen molar-refractivity contribution in [1.82, 2.24) is 10.2 Å². The van der Waals surface area contributed by atoms with E-state index in [9.17, 15) is 4.79 Å². The van der Waals surface area contributed by atoms with Crippen LogP contribution in [0, 0.1) is 5.92 Å². The zero-order chi connectivity index (χ0) is 12.5. The van der Waals surface area contributed by atoms with E-state index in [4.69, 9.17) is 4.74 Å². The van der Waals surface area contributed by atoms with Crippen molar-refractivity contribution < 1.29 is 9.53 Å². The molecule has 2 fully saturated rings. The van der Waals surface area contributed by atoms with Gasteiger partial charge in [-0.25, -0.2) is 0 Å². The SMILES string of the molecule is COc1ccccc1C(=O)N1C[C@@H]2CCN[C@@H]2C1. The minimum Gasteiger partial charge on any atom is -0.496 e. The van der Waals surface area contributed by atoms with Gasteiger partial charge >= 0.3 is 0 Å². The Kier molecular flexibility index (Phi) is 2.96. The Morgan fingerprint density at radius 2 is 2.22 bits per heavy atom. The maximum atomic E-state index is 12.5. The van der Waals surface area contributed by atoms with Crippen LogP contribution in [0.2, 0.25) is 0 Å². The smallest absolute Gasteiger partial charge is 0.257 e. The molecule has 2 saturated heterocycles. The van der Waals surface area contributed by atoms with E-state index in [0.717, 1.165) is 19.6 Å². The number of rotatable bonds is 2. The van der Waals surface area contributed by atoms with Crippen molar-refractivity contribution in [3.05, 3.63) is 29.8 Å². The van der Waals surface area contributed by atoms with Crippen molar-refractivity contribution in [1.29, 1.82) is 0 Å². The van der Waals surface area contributed by atoms with Gasteiger partial charge in [-0.15, -0.1) is 0 Å². The number of benzene rings is 1. The molecule has 2 aliphatic heterocycles. The molecule has 1 aromatic rings. The highest BCUT2D eigenvalue weighted by atomic mass is 16.5. The fourth-order valence-corrected chi connectivity index (χ4v) is 3.01. The Bertz CT molecular complexity index is 449. The zero-order valence-electron chi connectivity index (χ0n) is 10.6. The summed E-state index contributed by atoms with van der Waals surface area (Å²) in [5.74, 6) is 1.37. The average Bonchev–Trinajstić information content (AvgIpc) is 2.98. The quantitative estimate of drug-likeness (QED) is 0.850. The molecule has 0 aliphatic carbocycles. The molecule has 0 spiro atoms. The third-order valence-electron chi connectivity index (χ3n) is 3.99. The summed E-state index contributed by atoms with van der Waals surface area (Å²) in [6, 6.07) is 7.93. The van der Waals surface area contributed by atoms with Gasteiger partial charge in [0.25, 0.3) is 5.91 Å². The van der Waals surface area contributed by atoms with Crippen molar-refractivity contribution in [2.24, 2.45) is 5.92 Å². The third-order valence-corrected chi connectivity index (χ3v) is 3.99. The first-order valence-electron chi connectivity index (χ1n) is 6.45. The first-order chi connectivity index (χ1) is 8.79. The predicted molar refractivity (Wildman–Crippen MR) is 68.8 cm³/mol. The molecule has 2 aliphatic rings. The molecule has 0 saturated carbocycles. The van der Waals surface area contributed by atoms with Crippen LogP contribution >= 0.6 is 0 Å². The van der Waals surface area contributed by atoms with Crippen LogP contribution in [0.15, 0.2) is 24.3 Å². The van der Waals surface area contributed by atoms with Crippen LogP contribution in [0.25, 0.3) is 0 Å². The van der Waals surface area contributed by atoms with E-state index in [1.54, 1.807) is 7.11 Å². The van der Waals surface area contributed by atoms with Crippen LogP contribution in [-0.4, -0.2) is 43.6 Å². The number of fused-ring (bicyclic) bond motifs is 1. The predicted octanol–water partition coefficient (Wildman–Crippen LogP) is 1.13. The van der Waals surface area contributed by atoms with Crippen molar-refractivity contribution in [2.75, 3.05) is 26.7 Å². The fraction of sp³-hybridized carbons (Fsp3) is 0.500. The molecule has 4 nitrogen and oxygen atoms in total. The van der Waals surface area contributed by atoms with Gasteiger partial charge in [0.1, 0.15) is 5.75 Å². The van der Waals surface area contributed by atoms with Crippen molar-refractivity contribution >= 4 is 5.91 Å². The number of nitrogens with zero attached hydrogens (tertiary/aromatic N) is 1. The number of likely N-dealkylation sites (tertiary alicyclic amines) is 1. The van der Waals surface area contributed by atoms with Crippen LogP contribution in [0.4, 0.5) is 0 Å². The van der Waals surface area contributed by atoms with Crippen molar-refractivity contribution in [2.45, 2.75) is 12.5 Å². The maximum Gasteiger partial charge on any atom is 0.257 e. The average molecular weight is 246 g/mol. The number of methoxy groups -OCH3 is 1. The molecular formula is C14H18N2O2. The van der Waals surface area contributed by atoms with E-state index < -0.39 is 0 Å². The minimum absolute atomic E-state index is 0.0867. The van der Waals surface area contributed by atoms with Crippen molar-refractivity contribution in [3.63, 3.8) is 0 Å². The summed E-state index contributed by atoms with van der Waals surface area (Å²) in [7, 11) is 1.60. The van der Waals surface area contributed by atoms with E-state index in [0.29, 0.717) is 23.3 Å². The normalized spacial score (nSPS) is 26.2. The van der Waals surface area contributed by atoms with Crippen LogP contribution < -0.4 is 10.1 Å². The summed E-state index contributed by atoms with van der Waals surface area (Å²) < 4.78 is 5.26. The highest BCUT2D eigenvalue weighted by molar-refractivity contribution is 5.97. The molecule has 96 valence electrons. The van der Waals surface area contributed by atoms with Crippen LogP contribution in [0.5, 0.6) is 5.75 Å². The van der Waals surface area contributed by atoms with E-state index in [-0.39, 0.29) is 5.91 Å². The number of para-hydroxylation sites is 1. The molecule has 2 heterocycles. The lowest BCUT2D eigenvalue weighted by Gasteiger charge is -2.18. The van der Waals surface area contributed by atoms with E-state index in [1.165, 1.54) is 6.42 Å². The molecule has 0 radical (unpaired) electrons. The molecule has 0 aromatic heterocycles. The minimum atomic E-state index is 0.0867. The van der Waals surface area contributed by atoms with Gasteiger partial charge in [-0.1, -0.05) is 12.1 Å². The van der Waals surface area contributed by atoms with E-state index in [1.807, 2.05) is 29.2 Å². The third kappa shape index (κ3) is 1.86. The standard InChI is InChI=1S/C14H18N2O2/c1-18-13-5-3-2-4-11(13)14(17)16-8-10-6-7-15-12(10)9-16/h2-5,10,12,15H,6-9H2,1H3/t10-,12+/m0/s1. The van der Waals surface area contributed by atoms with Gasteiger partial charge in [-0.05, 0) is 31.0 Å². The van der Waals surface area contributed by atoms with Gasteiger partial charge in [0.15, 0.2) is 0 Å². The van der Waals surface area contributed by atoms with Gasteiger partial charge < -0.3 is 15.0 Å².